The minimum atomic E-state index is 0.260. The van der Waals surface area contributed by atoms with Crippen molar-refractivity contribution in [1.82, 2.24) is 10.6 Å². The van der Waals surface area contributed by atoms with Crippen LogP contribution in [0.1, 0.15) is 39.0 Å². The Hall–Kier alpha value is -0.570. The van der Waals surface area contributed by atoms with Gasteiger partial charge in [-0.25, -0.2) is 0 Å². The SMILES string of the molecule is CC1CCCC1NCCNC(=O)C1CC1. The van der Waals surface area contributed by atoms with Crippen LogP contribution in [0.4, 0.5) is 0 Å². The van der Waals surface area contributed by atoms with E-state index >= 15 is 0 Å². The fourth-order valence-corrected chi connectivity index (χ4v) is 2.38. The first kappa shape index (κ1) is 10.9. The molecule has 2 saturated carbocycles. The van der Waals surface area contributed by atoms with Gasteiger partial charge < -0.3 is 10.6 Å². The van der Waals surface area contributed by atoms with Gasteiger partial charge in [-0.15, -0.1) is 0 Å². The van der Waals surface area contributed by atoms with Crippen LogP contribution in [0.5, 0.6) is 0 Å². The van der Waals surface area contributed by atoms with E-state index in [2.05, 4.69) is 17.6 Å². The summed E-state index contributed by atoms with van der Waals surface area (Å²) in [5.41, 5.74) is 0. The Morgan fingerprint density at radius 1 is 1.20 bits per heavy atom. The second-order valence-corrected chi connectivity index (χ2v) is 5.03. The summed E-state index contributed by atoms with van der Waals surface area (Å²) < 4.78 is 0. The van der Waals surface area contributed by atoms with Crippen molar-refractivity contribution in [2.24, 2.45) is 11.8 Å². The predicted molar refractivity (Wildman–Crippen MR) is 60.5 cm³/mol. The molecule has 2 rings (SSSR count). The molecule has 2 fully saturated rings. The third kappa shape index (κ3) is 3.20. The van der Waals surface area contributed by atoms with Crippen LogP contribution in [-0.2, 0) is 4.79 Å². The Bertz CT molecular complexity index is 226. The molecule has 2 atom stereocenters. The van der Waals surface area contributed by atoms with E-state index < -0.39 is 0 Å². The quantitative estimate of drug-likeness (QED) is 0.671. The largest absolute Gasteiger partial charge is 0.355 e. The van der Waals surface area contributed by atoms with E-state index in [4.69, 9.17) is 0 Å². The molecular formula is C12H22N2O. The van der Waals surface area contributed by atoms with Gasteiger partial charge in [0.05, 0.1) is 0 Å². The van der Waals surface area contributed by atoms with Gasteiger partial charge in [0.15, 0.2) is 0 Å². The van der Waals surface area contributed by atoms with Crippen LogP contribution in [0.25, 0.3) is 0 Å². The number of amides is 1. The molecule has 0 bridgehead atoms. The molecule has 2 aliphatic rings. The Morgan fingerprint density at radius 2 is 2.00 bits per heavy atom. The van der Waals surface area contributed by atoms with Gasteiger partial charge in [0.25, 0.3) is 0 Å². The standard InChI is InChI=1S/C12H22N2O/c1-9-3-2-4-11(9)13-7-8-14-12(15)10-5-6-10/h9-11,13H,2-8H2,1H3,(H,14,15). The number of rotatable bonds is 5. The summed E-state index contributed by atoms with van der Waals surface area (Å²) in [6.45, 7) is 4.03. The fraction of sp³-hybridized carbons (Fsp3) is 0.917. The molecule has 0 aliphatic heterocycles. The third-order valence-corrected chi connectivity index (χ3v) is 3.64. The van der Waals surface area contributed by atoms with E-state index in [1.807, 2.05) is 0 Å². The van der Waals surface area contributed by atoms with Gasteiger partial charge in [0, 0.05) is 25.0 Å². The molecule has 3 heteroatoms. The molecule has 0 heterocycles. The van der Waals surface area contributed by atoms with Gasteiger partial charge in [-0.3, -0.25) is 4.79 Å². The van der Waals surface area contributed by atoms with Crippen molar-refractivity contribution in [1.29, 1.82) is 0 Å². The molecule has 0 spiro atoms. The number of carbonyl (C=O) groups excluding carboxylic acids is 1. The highest BCUT2D eigenvalue weighted by Gasteiger charge is 2.29. The van der Waals surface area contributed by atoms with Gasteiger partial charge in [-0.05, 0) is 31.6 Å². The second kappa shape index (κ2) is 4.97. The molecule has 0 aromatic rings. The smallest absolute Gasteiger partial charge is 0.223 e. The van der Waals surface area contributed by atoms with E-state index in [1.54, 1.807) is 0 Å². The van der Waals surface area contributed by atoms with Crippen LogP contribution in [0.3, 0.4) is 0 Å². The van der Waals surface area contributed by atoms with Crippen LogP contribution in [-0.4, -0.2) is 25.0 Å². The van der Waals surface area contributed by atoms with Gasteiger partial charge >= 0.3 is 0 Å². The normalized spacial score (nSPS) is 30.5. The minimum absolute atomic E-state index is 0.260. The van der Waals surface area contributed by atoms with Gasteiger partial charge in [-0.2, -0.15) is 0 Å². The lowest BCUT2D eigenvalue weighted by Crippen LogP contribution is -2.38. The summed E-state index contributed by atoms with van der Waals surface area (Å²) in [6, 6.07) is 0.683. The summed E-state index contributed by atoms with van der Waals surface area (Å²) in [5.74, 6) is 1.41. The molecule has 1 amide bonds. The molecule has 15 heavy (non-hydrogen) atoms. The minimum Gasteiger partial charge on any atom is -0.355 e. The predicted octanol–water partition coefficient (Wildman–Crippen LogP) is 1.29. The highest BCUT2D eigenvalue weighted by Crippen LogP contribution is 2.28. The molecule has 2 N–H and O–H groups in total. The van der Waals surface area contributed by atoms with Crippen molar-refractivity contribution in [3.05, 3.63) is 0 Å². The van der Waals surface area contributed by atoms with Crippen molar-refractivity contribution >= 4 is 5.91 Å². The Morgan fingerprint density at radius 3 is 2.60 bits per heavy atom. The van der Waals surface area contributed by atoms with Crippen molar-refractivity contribution in [2.45, 2.75) is 45.1 Å². The maximum absolute atomic E-state index is 11.3. The summed E-state index contributed by atoms with van der Waals surface area (Å²) in [7, 11) is 0. The number of nitrogens with one attached hydrogen (secondary N) is 2. The lowest BCUT2D eigenvalue weighted by molar-refractivity contribution is -0.122. The Balaban J connectivity index is 1.52. The fourth-order valence-electron chi connectivity index (χ4n) is 2.38. The maximum Gasteiger partial charge on any atom is 0.223 e. The van der Waals surface area contributed by atoms with Crippen LogP contribution < -0.4 is 10.6 Å². The average molecular weight is 210 g/mol. The van der Waals surface area contributed by atoms with Crippen molar-refractivity contribution in [2.75, 3.05) is 13.1 Å². The summed E-state index contributed by atoms with van der Waals surface area (Å²) in [4.78, 5) is 11.3. The molecule has 0 radical (unpaired) electrons. The van der Waals surface area contributed by atoms with Crippen LogP contribution in [0.2, 0.25) is 0 Å². The first-order valence-electron chi connectivity index (χ1n) is 6.28. The molecule has 3 nitrogen and oxygen atoms in total. The average Bonchev–Trinajstić information content (AvgIpc) is 2.99. The van der Waals surface area contributed by atoms with Crippen molar-refractivity contribution < 1.29 is 4.79 Å². The topological polar surface area (TPSA) is 41.1 Å². The van der Waals surface area contributed by atoms with E-state index in [0.29, 0.717) is 12.0 Å². The van der Waals surface area contributed by atoms with Crippen LogP contribution >= 0.6 is 0 Å². The van der Waals surface area contributed by atoms with Crippen molar-refractivity contribution in [3.63, 3.8) is 0 Å². The molecule has 86 valence electrons. The molecule has 0 saturated heterocycles. The second-order valence-electron chi connectivity index (χ2n) is 5.03. The van der Waals surface area contributed by atoms with E-state index in [-0.39, 0.29) is 5.91 Å². The first-order chi connectivity index (χ1) is 7.27. The first-order valence-corrected chi connectivity index (χ1v) is 6.28. The molecule has 0 aromatic heterocycles. The number of carbonyl (C=O) groups is 1. The van der Waals surface area contributed by atoms with E-state index in [9.17, 15) is 4.79 Å². The lowest BCUT2D eigenvalue weighted by atomic mass is 10.1. The Kier molecular flexibility index (Phi) is 3.62. The highest BCUT2D eigenvalue weighted by atomic mass is 16.2. The van der Waals surface area contributed by atoms with Gasteiger partial charge in [-0.1, -0.05) is 13.3 Å². The van der Waals surface area contributed by atoms with Crippen LogP contribution in [0.15, 0.2) is 0 Å². The zero-order valence-electron chi connectivity index (χ0n) is 9.59. The van der Waals surface area contributed by atoms with Gasteiger partial charge in [0.1, 0.15) is 0 Å². The highest BCUT2D eigenvalue weighted by molar-refractivity contribution is 5.80. The Labute approximate surface area is 92.0 Å². The van der Waals surface area contributed by atoms with E-state index in [0.717, 1.165) is 31.8 Å². The molecular weight excluding hydrogens is 188 g/mol. The van der Waals surface area contributed by atoms with Crippen molar-refractivity contribution in [3.8, 4) is 0 Å². The lowest BCUT2D eigenvalue weighted by Gasteiger charge is -2.17. The number of hydrogen-bond donors (Lipinski definition) is 2. The monoisotopic (exact) mass is 210 g/mol. The van der Waals surface area contributed by atoms with Gasteiger partial charge in [0.2, 0.25) is 5.91 Å². The zero-order valence-corrected chi connectivity index (χ0v) is 9.59. The molecule has 2 unspecified atom stereocenters. The maximum atomic E-state index is 11.3. The summed E-state index contributed by atoms with van der Waals surface area (Å²) in [6.07, 6.45) is 6.20. The molecule has 2 aliphatic carbocycles. The zero-order chi connectivity index (χ0) is 10.7. The van der Waals surface area contributed by atoms with E-state index in [1.165, 1.54) is 19.3 Å². The molecule has 0 aromatic carbocycles. The van der Waals surface area contributed by atoms with Crippen LogP contribution in [0, 0.1) is 11.8 Å². The number of hydrogen-bond acceptors (Lipinski definition) is 2. The summed E-state index contributed by atoms with van der Waals surface area (Å²) in [5, 5.41) is 6.51. The third-order valence-electron chi connectivity index (χ3n) is 3.64. The summed E-state index contributed by atoms with van der Waals surface area (Å²) >= 11 is 0.